The van der Waals surface area contributed by atoms with Gasteiger partial charge >= 0.3 is 12.1 Å². The largest absolute Gasteiger partial charge is 0.477 e. The van der Waals surface area contributed by atoms with E-state index in [1.54, 1.807) is 0 Å². The number of nitrogens with zero attached hydrogens (tertiary/aromatic N) is 4. The number of carboxylic acids is 1. The second-order valence-corrected chi connectivity index (χ2v) is 5.27. The summed E-state index contributed by atoms with van der Waals surface area (Å²) in [6.45, 7) is 1.69. The molecule has 0 unspecified atom stereocenters. The zero-order valence-electron chi connectivity index (χ0n) is 13.2. The maximum atomic E-state index is 12.6. The number of aromatic carboxylic acids is 1. The molecule has 2 rings (SSSR count). The van der Waals surface area contributed by atoms with Gasteiger partial charge < -0.3 is 10.4 Å². The molecule has 0 spiro atoms. The number of aromatic nitrogens is 4. The van der Waals surface area contributed by atoms with Crippen molar-refractivity contribution in [2.24, 2.45) is 0 Å². The van der Waals surface area contributed by atoms with Gasteiger partial charge in [0.15, 0.2) is 5.69 Å². The first-order valence-corrected chi connectivity index (χ1v) is 7.32. The monoisotopic (exact) mass is 359 g/mol. The minimum atomic E-state index is -4.49. The average Bonchev–Trinajstić information content (AvgIpc) is 3.10. The third-order valence-electron chi connectivity index (χ3n) is 3.37. The van der Waals surface area contributed by atoms with Crippen molar-refractivity contribution in [2.75, 3.05) is 6.54 Å². The molecule has 2 heterocycles. The molecule has 0 fully saturated rings. The molecule has 0 saturated heterocycles. The van der Waals surface area contributed by atoms with Gasteiger partial charge in [-0.05, 0) is 25.5 Å². The van der Waals surface area contributed by atoms with Gasteiger partial charge in [-0.3, -0.25) is 9.48 Å². The van der Waals surface area contributed by atoms with Crippen LogP contribution in [0.5, 0.6) is 0 Å². The highest BCUT2D eigenvalue weighted by Crippen LogP contribution is 2.28. The lowest BCUT2D eigenvalue weighted by Crippen LogP contribution is -2.30. The smallest absolute Gasteiger partial charge is 0.435 e. The predicted octanol–water partition coefficient (Wildman–Crippen LogP) is 1.31. The number of carboxylic acid groups (broad SMARTS) is 1. The summed E-state index contributed by atoms with van der Waals surface area (Å²) in [5.74, 6) is -1.64. The van der Waals surface area contributed by atoms with Gasteiger partial charge in [0.25, 0.3) is 0 Å². The summed E-state index contributed by atoms with van der Waals surface area (Å²) >= 11 is 0. The third kappa shape index (κ3) is 4.81. The van der Waals surface area contributed by atoms with Crippen LogP contribution in [0.1, 0.15) is 28.3 Å². The Morgan fingerprint density at radius 3 is 2.64 bits per heavy atom. The molecule has 136 valence electrons. The second-order valence-electron chi connectivity index (χ2n) is 5.27. The Kier molecular flexibility index (Phi) is 5.45. The molecule has 0 bridgehead atoms. The van der Waals surface area contributed by atoms with Gasteiger partial charge in [-0.2, -0.15) is 23.4 Å². The SMILES string of the molecule is Cc1cc(C(F)(F)F)nn1CCCNC(=O)Cn1nccc1C(=O)O. The lowest BCUT2D eigenvalue weighted by atomic mass is 10.3. The van der Waals surface area contributed by atoms with Crippen LogP contribution in [0.15, 0.2) is 18.3 Å². The summed E-state index contributed by atoms with van der Waals surface area (Å²) in [5.41, 5.74) is -0.683. The summed E-state index contributed by atoms with van der Waals surface area (Å²) in [5, 5.41) is 18.7. The van der Waals surface area contributed by atoms with Crippen molar-refractivity contribution in [3.05, 3.63) is 35.4 Å². The van der Waals surface area contributed by atoms with Crippen LogP contribution in [-0.2, 0) is 24.1 Å². The molecular formula is C14H16F3N5O3. The van der Waals surface area contributed by atoms with E-state index in [0.717, 1.165) is 10.7 Å². The zero-order valence-corrected chi connectivity index (χ0v) is 13.2. The van der Waals surface area contributed by atoms with E-state index in [1.807, 2.05) is 0 Å². The van der Waals surface area contributed by atoms with Gasteiger partial charge in [-0.25, -0.2) is 9.48 Å². The molecule has 0 aliphatic carbocycles. The topological polar surface area (TPSA) is 102 Å². The van der Waals surface area contributed by atoms with Gasteiger partial charge in [0.2, 0.25) is 5.91 Å². The van der Waals surface area contributed by atoms with Gasteiger partial charge in [0, 0.05) is 25.0 Å². The van der Waals surface area contributed by atoms with Crippen LogP contribution in [0.25, 0.3) is 0 Å². The molecule has 0 aromatic carbocycles. The fraction of sp³-hybridized carbons (Fsp3) is 0.429. The summed E-state index contributed by atoms with van der Waals surface area (Å²) in [6, 6.07) is 2.23. The van der Waals surface area contributed by atoms with E-state index in [-0.39, 0.29) is 25.3 Å². The lowest BCUT2D eigenvalue weighted by molar-refractivity contribution is -0.141. The lowest BCUT2D eigenvalue weighted by Gasteiger charge is -2.08. The van der Waals surface area contributed by atoms with Crippen LogP contribution in [-0.4, -0.2) is 43.1 Å². The molecule has 2 aromatic heterocycles. The van der Waals surface area contributed by atoms with Crippen molar-refractivity contribution in [1.29, 1.82) is 0 Å². The summed E-state index contributed by atoms with van der Waals surface area (Å²) in [7, 11) is 0. The first kappa shape index (κ1) is 18.5. The second kappa shape index (κ2) is 7.36. The Bertz CT molecular complexity index is 766. The third-order valence-corrected chi connectivity index (χ3v) is 3.37. The number of nitrogens with one attached hydrogen (secondary N) is 1. The van der Waals surface area contributed by atoms with E-state index >= 15 is 0 Å². The van der Waals surface area contributed by atoms with Crippen molar-refractivity contribution >= 4 is 11.9 Å². The molecule has 0 aliphatic heterocycles. The normalized spacial score (nSPS) is 11.5. The van der Waals surface area contributed by atoms with Crippen molar-refractivity contribution in [3.8, 4) is 0 Å². The molecule has 0 radical (unpaired) electrons. The number of halogens is 3. The van der Waals surface area contributed by atoms with Crippen molar-refractivity contribution in [1.82, 2.24) is 24.9 Å². The highest BCUT2D eigenvalue weighted by Gasteiger charge is 2.34. The molecule has 2 N–H and O–H groups in total. The number of aryl methyl sites for hydroxylation is 2. The Morgan fingerprint density at radius 1 is 1.32 bits per heavy atom. The first-order chi connectivity index (χ1) is 11.7. The summed E-state index contributed by atoms with van der Waals surface area (Å²) in [6.07, 6.45) is -2.85. The van der Waals surface area contributed by atoms with Crippen molar-refractivity contribution in [3.63, 3.8) is 0 Å². The van der Waals surface area contributed by atoms with Crippen LogP contribution in [0.3, 0.4) is 0 Å². The quantitative estimate of drug-likeness (QED) is 0.726. The van der Waals surface area contributed by atoms with E-state index in [1.165, 1.54) is 23.9 Å². The average molecular weight is 359 g/mol. The number of hydrogen-bond donors (Lipinski definition) is 2. The van der Waals surface area contributed by atoms with Crippen LogP contribution in [0, 0.1) is 6.92 Å². The number of hydrogen-bond acceptors (Lipinski definition) is 4. The zero-order chi connectivity index (χ0) is 18.6. The minimum absolute atomic E-state index is 0.109. The molecule has 25 heavy (non-hydrogen) atoms. The molecular weight excluding hydrogens is 343 g/mol. The number of alkyl halides is 3. The van der Waals surface area contributed by atoms with Gasteiger partial charge in [0.05, 0.1) is 0 Å². The van der Waals surface area contributed by atoms with Crippen LogP contribution in [0.4, 0.5) is 13.2 Å². The van der Waals surface area contributed by atoms with Gasteiger partial charge in [-0.1, -0.05) is 0 Å². The summed E-state index contributed by atoms with van der Waals surface area (Å²) in [4.78, 5) is 22.7. The van der Waals surface area contributed by atoms with Crippen molar-refractivity contribution in [2.45, 2.75) is 32.6 Å². The molecule has 2 aromatic rings. The van der Waals surface area contributed by atoms with Crippen molar-refractivity contribution < 1.29 is 27.9 Å². The fourth-order valence-corrected chi connectivity index (χ4v) is 2.16. The van der Waals surface area contributed by atoms with E-state index in [4.69, 9.17) is 5.11 Å². The molecule has 0 atom stereocenters. The molecule has 8 nitrogen and oxygen atoms in total. The highest BCUT2D eigenvalue weighted by molar-refractivity contribution is 5.86. The maximum absolute atomic E-state index is 12.6. The van der Waals surface area contributed by atoms with Crippen LogP contribution in [0.2, 0.25) is 0 Å². The Labute approximate surface area is 140 Å². The van der Waals surface area contributed by atoms with E-state index in [2.05, 4.69) is 15.5 Å². The predicted molar refractivity (Wildman–Crippen MR) is 78.8 cm³/mol. The molecule has 0 aliphatic rings. The number of carbonyl (C=O) groups excluding carboxylic acids is 1. The molecule has 0 saturated carbocycles. The number of rotatable bonds is 7. The minimum Gasteiger partial charge on any atom is -0.477 e. The summed E-state index contributed by atoms with van der Waals surface area (Å²) < 4.78 is 40.0. The van der Waals surface area contributed by atoms with Crippen LogP contribution >= 0.6 is 0 Å². The fourth-order valence-electron chi connectivity index (χ4n) is 2.16. The van der Waals surface area contributed by atoms with Crippen LogP contribution < -0.4 is 5.32 Å². The Balaban J connectivity index is 1.79. The molecule has 1 amide bonds. The Hall–Kier alpha value is -2.85. The van der Waals surface area contributed by atoms with E-state index in [9.17, 15) is 22.8 Å². The van der Waals surface area contributed by atoms with Gasteiger partial charge in [0.1, 0.15) is 12.2 Å². The van der Waals surface area contributed by atoms with E-state index < -0.39 is 23.7 Å². The number of amides is 1. The molecule has 11 heteroatoms. The standard InChI is InChI=1S/C14H16F3N5O3/c1-9-7-11(14(15,16)17)20-21(9)6-2-4-18-12(23)8-22-10(13(24)25)3-5-19-22/h3,5,7H,2,4,6,8H2,1H3,(H,18,23)(H,24,25). The van der Waals surface area contributed by atoms with Gasteiger partial charge in [-0.15, -0.1) is 0 Å². The first-order valence-electron chi connectivity index (χ1n) is 7.32. The highest BCUT2D eigenvalue weighted by atomic mass is 19.4. The Morgan fingerprint density at radius 2 is 2.04 bits per heavy atom. The maximum Gasteiger partial charge on any atom is 0.435 e. The number of carbonyl (C=O) groups is 2. The van der Waals surface area contributed by atoms with E-state index in [0.29, 0.717) is 12.1 Å².